The van der Waals surface area contributed by atoms with Crippen LogP contribution < -0.4 is 5.73 Å². The number of anilines is 1. The second-order valence-electron chi connectivity index (χ2n) is 3.75. The van der Waals surface area contributed by atoms with Gasteiger partial charge in [0.25, 0.3) is 0 Å². The van der Waals surface area contributed by atoms with Gasteiger partial charge >= 0.3 is 0 Å². The summed E-state index contributed by atoms with van der Waals surface area (Å²) in [4.78, 5) is 0. The Balaban J connectivity index is 2.66. The van der Waals surface area contributed by atoms with Crippen molar-refractivity contribution in [3.63, 3.8) is 0 Å². The number of aryl methyl sites for hydroxylation is 1. The lowest BCUT2D eigenvalue weighted by Gasteiger charge is -2.09. The number of aromatic hydroxyl groups is 1. The number of nitrogens with two attached hydrogens (primary N) is 1. The lowest BCUT2D eigenvalue weighted by atomic mass is 10.0. The second-order valence-corrected chi connectivity index (χ2v) is 3.75. The SMILES string of the molecule is Cc1ccc(N)c(-c2cc(F)ccc2O)c1. The van der Waals surface area contributed by atoms with E-state index in [1.165, 1.54) is 18.2 Å². The van der Waals surface area contributed by atoms with E-state index in [1.54, 1.807) is 6.07 Å². The Kier molecular flexibility index (Phi) is 2.52. The maximum Gasteiger partial charge on any atom is 0.124 e. The van der Waals surface area contributed by atoms with Gasteiger partial charge in [-0.2, -0.15) is 0 Å². The molecule has 0 aliphatic rings. The molecule has 2 nitrogen and oxygen atoms in total. The van der Waals surface area contributed by atoms with Crippen LogP contribution in [0, 0.1) is 12.7 Å². The molecular formula is C13H12FNO. The molecule has 0 radical (unpaired) electrons. The van der Waals surface area contributed by atoms with Gasteiger partial charge in [-0.25, -0.2) is 4.39 Å². The number of phenolic OH excluding ortho intramolecular Hbond substituents is 1. The lowest BCUT2D eigenvalue weighted by molar-refractivity contribution is 0.475. The van der Waals surface area contributed by atoms with E-state index in [4.69, 9.17) is 5.73 Å². The summed E-state index contributed by atoms with van der Waals surface area (Å²) in [6.45, 7) is 1.92. The molecule has 0 fully saturated rings. The number of phenols is 1. The van der Waals surface area contributed by atoms with Crippen molar-refractivity contribution < 1.29 is 9.50 Å². The third-order valence-corrected chi connectivity index (χ3v) is 2.46. The fourth-order valence-corrected chi connectivity index (χ4v) is 1.63. The van der Waals surface area contributed by atoms with E-state index in [2.05, 4.69) is 0 Å². The zero-order chi connectivity index (χ0) is 11.7. The van der Waals surface area contributed by atoms with Gasteiger partial charge in [0.2, 0.25) is 0 Å². The maximum atomic E-state index is 13.1. The van der Waals surface area contributed by atoms with Crippen LogP contribution in [0.15, 0.2) is 36.4 Å². The smallest absolute Gasteiger partial charge is 0.124 e. The average molecular weight is 217 g/mol. The van der Waals surface area contributed by atoms with Gasteiger partial charge in [0.05, 0.1) is 0 Å². The van der Waals surface area contributed by atoms with Gasteiger partial charge in [-0.3, -0.25) is 0 Å². The summed E-state index contributed by atoms with van der Waals surface area (Å²) in [5, 5.41) is 9.68. The summed E-state index contributed by atoms with van der Waals surface area (Å²) in [6.07, 6.45) is 0. The van der Waals surface area contributed by atoms with Crippen LogP contribution in [-0.4, -0.2) is 5.11 Å². The first-order chi connectivity index (χ1) is 7.58. The fraction of sp³-hybridized carbons (Fsp3) is 0.0769. The zero-order valence-electron chi connectivity index (χ0n) is 8.87. The average Bonchev–Trinajstić information content (AvgIpc) is 2.25. The van der Waals surface area contributed by atoms with E-state index < -0.39 is 5.82 Å². The van der Waals surface area contributed by atoms with Crippen molar-refractivity contribution in [2.75, 3.05) is 5.73 Å². The van der Waals surface area contributed by atoms with Crippen molar-refractivity contribution in [3.8, 4) is 16.9 Å². The molecule has 2 aromatic rings. The topological polar surface area (TPSA) is 46.2 Å². The number of hydrogen-bond donors (Lipinski definition) is 2. The van der Waals surface area contributed by atoms with Crippen LogP contribution in [0.1, 0.15) is 5.56 Å². The number of rotatable bonds is 1. The summed E-state index contributed by atoms with van der Waals surface area (Å²) < 4.78 is 13.1. The number of halogens is 1. The van der Waals surface area contributed by atoms with Gasteiger partial charge in [-0.05, 0) is 37.3 Å². The molecule has 0 heterocycles. The first-order valence-electron chi connectivity index (χ1n) is 4.93. The Labute approximate surface area is 93.2 Å². The highest BCUT2D eigenvalue weighted by Crippen LogP contribution is 2.34. The molecule has 16 heavy (non-hydrogen) atoms. The molecule has 0 amide bonds. The van der Waals surface area contributed by atoms with E-state index in [1.807, 2.05) is 19.1 Å². The van der Waals surface area contributed by atoms with Gasteiger partial charge in [0.1, 0.15) is 11.6 Å². The van der Waals surface area contributed by atoms with Crippen LogP contribution in [0.3, 0.4) is 0 Å². The summed E-state index contributed by atoms with van der Waals surface area (Å²) in [5.41, 5.74) is 8.40. The minimum Gasteiger partial charge on any atom is -0.507 e. The molecule has 2 aromatic carbocycles. The van der Waals surface area contributed by atoms with Crippen LogP contribution in [0.25, 0.3) is 11.1 Å². The summed E-state index contributed by atoms with van der Waals surface area (Å²) in [5.74, 6) is -0.368. The molecule has 0 aliphatic carbocycles. The zero-order valence-corrected chi connectivity index (χ0v) is 8.87. The van der Waals surface area contributed by atoms with E-state index in [-0.39, 0.29) is 5.75 Å². The summed E-state index contributed by atoms with van der Waals surface area (Å²) in [6, 6.07) is 9.26. The van der Waals surface area contributed by atoms with Gasteiger partial charge in [0.15, 0.2) is 0 Å². The molecule has 2 rings (SSSR count). The normalized spacial score (nSPS) is 10.4. The van der Waals surface area contributed by atoms with Crippen molar-refractivity contribution in [1.82, 2.24) is 0 Å². The van der Waals surface area contributed by atoms with E-state index in [0.29, 0.717) is 16.8 Å². The number of hydrogen-bond acceptors (Lipinski definition) is 2. The van der Waals surface area contributed by atoms with Crippen molar-refractivity contribution in [1.29, 1.82) is 0 Å². The van der Waals surface area contributed by atoms with Crippen LogP contribution in [0.5, 0.6) is 5.75 Å². The van der Waals surface area contributed by atoms with Crippen molar-refractivity contribution in [2.24, 2.45) is 0 Å². The second kappa shape index (κ2) is 3.85. The van der Waals surface area contributed by atoms with Gasteiger partial charge < -0.3 is 10.8 Å². The lowest BCUT2D eigenvalue weighted by Crippen LogP contribution is -1.91. The highest BCUT2D eigenvalue weighted by atomic mass is 19.1. The van der Waals surface area contributed by atoms with E-state index >= 15 is 0 Å². The molecule has 0 aromatic heterocycles. The molecule has 0 spiro atoms. The fourth-order valence-electron chi connectivity index (χ4n) is 1.63. The first kappa shape index (κ1) is 10.5. The van der Waals surface area contributed by atoms with Gasteiger partial charge in [-0.1, -0.05) is 11.6 Å². The number of benzene rings is 2. The molecule has 0 saturated carbocycles. The largest absolute Gasteiger partial charge is 0.507 e. The highest BCUT2D eigenvalue weighted by Gasteiger charge is 2.09. The van der Waals surface area contributed by atoms with Crippen molar-refractivity contribution >= 4 is 5.69 Å². The molecule has 0 aliphatic heterocycles. The molecule has 82 valence electrons. The van der Waals surface area contributed by atoms with Crippen LogP contribution in [0.4, 0.5) is 10.1 Å². The van der Waals surface area contributed by atoms with Gasteiger partial charge in [0, 0.05) is 16.8 Å². The van der Waals surface area contributed by atoms with E-state index in [9.17, 15) is 9.50 Å². The van der Waals surface area contributed by atoms with Crippen LogP contribution >= 0.6 is 0 Å². The maximum absolute atomic E-state index is 13.1. The summed E-state index contributed by atoms with van der Waals surface area (Å²) >= 11 is 0. The minimum absolute atomic E-state index is 0.0266. The predicted octanol–water partition coefficient (Wildman–Crippen LogP) is 3.09. The first-order valence-corrected chi connectivity index (χ1v) is 4.93. The molecule has 0 bridgehead atoms. The third kappa shape index (κ3) is 1.84. The highest BCUT2D eigenvalue weighted by molar-refractivity contribution is 5.80. The number of nitrogen functional groups attached to an aromatic ring is 1. The minimum atomic E-state index is -0.395. The molecule has 0 saturated heterocycles. The van der Waals surface area contributed by atoms with Crippen molar-refractivity contribution in [3.05, 3.63) is 47.8 Å². The standard InChI is InChI=1S/C13H12FNO/c1-8-2-4-12(15)10(6-8)11-7-9(14)3-5-13(11)16/h2-7,16H,15H2,1H3. The molecule has 0 unspecified atom stereocenters. The van der Waals surface area contributed by atoms with Crippen LogP contribution in [-0.2, 0) is 0 Å². The Morgan fingerprint density at radius 1 is 1.06 bits per heavy atom. The molecular weight excluding hydrogens is 205 g/mol. The van der Waals surface area contributed by atoms with Gasteiger partial charge in [-0.15, -0.1) is 0 Å². The molecule has 3 N–H and O–H groups in total. The van der Waals surface area contributed by atoms with Crippen molar-refractivity contribution in [2.45, 2.75) is 6.92 Å². The van der Waals surface area contributed by atoms with E-state index in [0.717, 1.165) is 5.56 Å². The Bertz CT molecular complexity index is 488. The monoisotopic (exact) mass is 217 g/mol. The summed E-state index contributed by atoms with van der Waals surface area (Å²) in [7, 11) is 0. The molecule has 3 heteroatoms. The Hall–Kier alpha value is -2.03. The quantitative estimate of drug-likeness (QED) is 0.721. The Morgan fingerprint density at radius 2 is 1.81 bits per heavy atom. The predicted molar refractivity (Wildman–Crippen MR) is 62.7 cm³/mol. The molecule has 0 atom stereocenters. The third-order valence-electron chi connectivity index (χ3n) is 2.46. The van der Waals surface area contributed by atoms with Crippen LogP contribution in [0.2, 0.25) is 0 Å². The Morgan fingerprint density at radius 3 is 2.56 bits per heavy atom.